The lowest BCUT2D eigenvalue weighted by Crippen LogP contribution is -2.10. The van der Waals surface area contributed by atoms with E-state index in [1.54, 1.807) is 6.07 Å². The predicted octanol–water partition coefficient (Wildman–Crippen LogP) is 2.58. The van der Waals surface area contributed by atoms with Gasteiger partial charge in [-0.2, -0.15) is 5.10 Å². The Hall–Kier alpha value is -0.680. The van der Waals surface area contributed by atoms with Crippen LogP contribution in [0.4, 0.5) is 0 Å². The quantitative estimate of drug-likeness (QED) is 0.822. The molecule has 2 aromatic rings. The first kappa shape index (κ1) is 9.86. The van der Waals surface area contributed by atoms with E-state index in [9.17, 15) is 4.79 Å². The van der Waals surface area contributed by atoms with Gasteiger partial charge < -0.3 is 0 Å². The van der Waals surface area contributed by atoms with Gasteiger partial charge in [0, 0.05) is 15.2 Å². The first-order chi connectivity index (χ1) is 6.72. The van der Waals surface area contributed by atoms with Gasteiger partial charge in [-0.25, -0.2) is 5.10 Å². The fourth-order valence-electron chi connectivity index (χ4n) is 1.29. The van der Waals surface area contributed by atoms with Gasteiger partial charge in [0.15, 0.2) is 0 Å². The number of nitrogens with zero attached hydrogens (tertiary/aromatic N) is 1. The average Bonchev–Trinajstić information content (AvgIpc) is 2.18. The Kier molecular flexibility index (Phi) is 2.69. The molecule has 0 aliphatic heterocycles. The van der Waals surface area contributed by atoms with Gasteiger partial charge in [0.25, 0.3) is 5.56 Å². The second-order valence-corrected chi connectivity index (χ2v) is 4.30. The third-order valence-electron chi connectivity index (χ3n) is 1.96. The summed E-state index contributed by atoms with van der Waals surface area (Å²) >= 11 is 6.69. The van der Waals surface area contributed by atoms with E-state index in [-0.39, 0.29) is 5.56 Å². The number of aromatic nitrogens is 2. The van der Waals surface area contributed by atoms with E-state index in [1.807, 2.05) is 12.1 Å². The second kappa shape index (κ2) is 3.82. The summed E-state index contributed by atoms with van der Waals surface area (Å²) in [6.45, 7) is 0. The van der Waals surface area contributed by atoms with Crippen LogP contribution in [0.1, 0.15) is 5.69 Å². The highest BCUT2D eigenvalue weighted by atomic mass is 79.9. The topological polar surface area (TPSA) is 45.8 Å². The standard InChI is InChI=1S/C9H6Br2N2O/c10-4-8-7-3-5(11)1-2-6(7)9(14)13-12-8/h1-3H,4H2,(H,13,14). The summed E-state index contributed by atoms with van der Waals surface area (Å²) < 4.78 is 0.944. The summed E-state index contributed by atoms with van der Waals surface area (Å²) in [5.74, 6) is 0. The fourth-order valence-corrected chi connectivity index (χ4v) is 2.08. The number of alkyl halides is 1. The zero-order chi connectivity index (χ0) is 10.1. The number of fused-ring (bicyclic) bond motifs is 1. The smallest absolute Gasteiger partial charge is 0.267 e. The number of H-pyrrole nitrogens is 1. The molecule has 0 saturated carbocycles. The Bertz CT molecular complexity index is 536. The molecule has 0 bridgehead atoms. The van der Waals surface area contributed by atoms with E-state index in [4.69, 9.17) is 0 Å². The van der Waals surface area contributed by atoms with Crippen molar-refractivity contribution >= 4 is 42.6 Å². The average molecular weight is 318 g/mol. The third-order valence-corrected chi connectivity index (χ3v) is 2.98. The lowest BCUT2D eigenvalue weighted by Gasteiger charge is -2.01. The number of halogens is 2. The van der Waals surface area contributed by atoms with Crippen molar-refractivity contribution in [1.29, 1.82) is 0 Å². The molecule has 14 heavy (non-hydrogen) atoms. The molecule has 72 valence electrons. The molecule has 3 nitrogen and oxygen atoms in total. The normalized spacial score (nSPS) is 10.7. The maximum absolute atomic E-state index is 11.4. The first-order valence-corrected chi connectivity index (χ1v) is 5.86. The zero-order valence-corrected chi connectivity index (χ0v) is 10.2. The summed E-state index contributed by atoms with van der Waals surface area (Å²) in [6.07, 6.45) is 0. The molecule has 0 unspecified atom stereocenters. The van der Waals surface area contributed by atoms with E-state index >= 15 is 0 Å². The van der Waals surface area contributed by atoms with Crippen molar-refractivity contribution in [2.75, 3.05) is 0 Å². The van der Waals surface area contributed by atoms with Crippen molar-refractivity contribution in [3.63, 3.8) is 0 Å². The molecule has 5 heteroatoms. The van der Waals surface area contributed by atoms with Crippen molar-refractivity contribution in [1.82, 2.24) is 10.2 Å². The molecule has 0 aliphatic rings. The minimum Gasteiger partial charge on any atom is -0.267 e. The molecule has 0 spiro atoms. The molecule has 1 N–H and O–H groups in total. The van der Waals surface area contributed by atoms with Gasteiger partial charge in [0.05, 0.1) is 11.1 Å². The number of hydrogen-bond donors (Lipinski definition) is 1. The molecule has 0 saturated heterocycles. The molecule has 0 amide bonds. The number of hydrogen-bond acceptors (Lipinski definition) is 2. The molecule has 0 aliphatic carbocycles. The first-order valence-electron chi connectivity index (χ1n) is 3.95. The minimum atomic E-state index is -0.155. The van der Waals surface area contributed by atoms with Crippen molar-refractivity contribution in [3.05, 3.63) is 38.7 Å². The van der Waals surface area contributed by atoms with Gasteiger partial charge in [-0.3, -0.25) is 4.79 Å². The summed E-state index contributed by atoms with van der Waals surface area (Å²) in [4.78, 5) is 11.4. The Morgan fingerprint density at radius 2 is 2.14 bits per heavy atom. The van der Waals surface area contributed by atoms with E-state index in [2.05, 4.69) is 42.1 Å². The molecular weight excluding hydrogens is 312 g/mol. The van der Waals surface area contributed by atoms with E-state index in [1.165, 1.54) is 0 Å². The van der Waals surface area contributed by atoms with Crippen LogP contribution in [-0.4, -0.2) is 10.2 Å². The van der Waals surface area contributed by atoms with Crippen LogP contribution in [0.5, 0.6) is 0 Å². The monoisotopic (exact) mass is 316 g/mol. The Morgan fingerprint density at radius 1 is 1.36 bits per heavy atom. The highest BCUT2D eigenvalue weighted by Gasteiger charge is 2.05. The number of aromatic amines is 1. The zero-order valence-electron chi connectivity index (χ0n) is 7.05. The van der Waals surface area contributed by atoms with Gasteiger partial charge in [0.1, 0.15) is 0 Å². The van der Waals surface area contributed by atoms with Crippen LogP contribution in [-0.2, 0) is 5.33 Å². The molecule has 1 aromatic carbocycles. The van der Waals surface area contributed by atoms with Gasteiger partial charge in [0.2, 0.25) is 0 Å². The van der Waals surface area contributed by atoms with Crippen molar-refractivity contribution in [3.8, 4) is 0 Å². The van der Waals surface area contributed by atoms with Crippen LogP contribution >= 0.6 is 31.9 Å². The minimum absolute atomic E-state index is 0.155. The number of benzene rings is 1. The number of rotatable bonds is 1. The van der Waals surface area contributed by atoms with Crippen LogP contribution in [0.3, 0.4) is 0 Å². The van der Waals surface area contributed by atoms with Gasteiger partial charge in [-0.1, -0.05) is 31.9 Å². The van der Waals surface area contributed by atoms with E-state index < -0.39 is 0 Å². The molecule has 2 rings (SSSR count). The van der Waals surface area contributed by atoms with Crippen LogP contribution in [0.15, 0.2) is 27.5 Å². The molecule has 1 aromatic heterocycles. The maximum atomic E-state index is 11.4. The Labute approximate surface area is 96.8 Å². The fraction of sp³-hybridized carbons (Fsp3) is 0.111. The number of nitrogens with one attached hydrogen (secondary N) is 1. The predicted molar refractivity (Wildman–Crippen MR) is 62.7 cm³/mol. The van der Waals surface area contributed by atoms with Crippen molar-refractivity contribution in [2.45, 2.75) is 5.33 Å². The lowest BCUT2D eigenvalue weighted by molar-refractivity contribution is 0.965. The van der Waals surface area contributed by atoms with Crippen LogP contribution < -0.4 is 5.56 Å². The van der Waals surface area contributed by atoms with Crippen LogP contribution in [0, 0.1) is 0 Å². The van der Waals surface area contributed by atoms with Gasteiger partial charge in [-0.15, -0.1) is 0 Å². The Morgan fingerprint density at radius 3 is 2.86 bits per heavy atom. The highest BCUT2D eigenvalue weighted by Crippen LogP contribution is 2.20. The van der Waals surface area contributed by atoms with Crippen molar-refractivity contribution in [2.24, 2.45) is 0 Å². The van der Waals surface area contributed by atoms with Crippen molar-refractivity contribution < 1.29 is 0 Å². The largest absolute Gasteiger partial charge is 0.272 e. The summed E-state index contributed by atoms with van der Waals surface area (Å²) in [5, 5.41) is 8.58. The third kappa shape index (κ3) is 1.62. The maximum Gasteiger partial charge on any atom is 0.272 e. The second-order valence-electron chi connectivity index (χ2n) is 2.82. The summed E-state index contributed by atoms with van der Waals surface area (Å²) in [5.41, 5.74) is 0.679. The Balaban J connectivity index is 2.92. The summed E-state index contributed by atoms with van der Waals surface area (Å²) in [7, 11) is 0. The van der Waals surface area contributed by atoms with Crippen LogP contribution in [0.2, 0.25) is 0 Å². The van der Waals surface area contributed by atoms with Gasteiger partial charge >= 0.3 is 0 Å². The van der Waals surface area contributed by atoms with Gasteiger partial charge in [-0.05, 0) is 18.2 Å². The highest BCUT2D eigenvalue weighted by molar-refractivity contribution is 9.10. The van der Waals surface area contributed by atoms with Crippen LogP contribution in [0.25, 0.3) is 10.8 Å². The molecular formula is C9H6Br2N2O. The molecule has 0 radical (unpaired) electrons. The molecule has 0 atom stereocenters. The summed E-state index contributed by atoms with van der Waals surface area (Å²) in [6, 6.07) is 5.52. The SMILES string of the molecule is O=c1[nH]nc(CBr)c2cc(Br)ccc12. The molecule has 0 fully saturated rings. The molecule has 1 heterocycles. The van der Waals surface area contributed by atoms with E-state index in [0.717, 1.165) is 15.6 Å². The lowest BCUT2D eigenvalue weighted by atomic mass is 10.1. The van der Waals surface area contributed by atoms with E-state index in [0.29, 0.717) is 10.7 Å².